The molecule has 0 spiro atoms. The zero-order chi connectivity index (χ0) is 19.7. The molecule has 0 bridgehead atoms. The molecule has 0 unspecified atom stereocenters. The Bertz CT molecular complexity index is 782. The molecule has 5 rings (SSSR count). The molecule has 0 aliphatic heterocycles. The van der Waals surface area contributed by atoms with Crippen LogP contribution < -0.4 is 0 Å². The maximum absolute atomic E-state index is 11.7. The zero-order valence-corrected chi connectivity index (χ0v) is 16.6. The lowest BCUT2D eigenvalue weighted by atomic mass is 9.50. The van der Waals surface area contributed by atoms with Crippen molar-refractivity contribution in [3.63, 3.8) is 0 Å². The summed E-state index contributed by atoms with van der Waals surface area (Å²) in [5, 5.41) is 20.4. The van der Waals surface area contributed by atoms with E-state index in [1.807, 2.05) is 0 Å². The Labute approximate surface area is 166 Å². The molecule has 5 heteroatoms. The summed E-state index contributed by atoms with van der Waals surface area (Å²) in [5.74, 6) is 4.33. The molecule has 0 amide bonds. The lowest BCUT2D eigenvalue weighted by molar-refractivity contribution is -0.109. The molecule has 28 heavy (non-hydrogen) atoms. The zero-order valence-electron chi connectivity index (χ0n) is 16.6. The standard InChI is InChI=1S/C23H30O5/c1-22-8-7-16-15-6-4-14(27-2)11-13(15)3-5-17(16)20(22)18-12-19(18)23(22,26)9-10-28-21(24)25/h3,9-11,15-20,26H,4-8,12H2,1-2H3,(H,24,25)/b10-9-/t15-,16+,17+,18+,19-,20+,22-,23-/m0/s1. The fourth-order valence-electron chi connectivity index (χ4n) is 7.65. The number of fused-ring (bicyclic) bond motifs is 7. The number of aliphatic hydroxyl groups is 1. The SMILES string of the molecule is COC1=CC2=CC[C@@H]3[C@H](CC[C@@]4(C)[C@H]3[C@@H]3C[C@@H]3[C@@]4(O)/C=C\OC(=O)O)[C@H]2CC1. The van der Waals surface area contributed by atoms with Gasteiger partial charge in [-0.2, -0.15) is 0 Å². The first-order chi connectivity index (χ1) is 13.4. The van der Waals surface area contributed by atoms with Crippen LogP contribution in [0.4, 0.5) is 4.79 Å². The Hall–Kier alpha value is -1.75. The molecule has 5 aliphatic rings. The number of allylic oxidation sites excluding steroid dienone is 4. The van der Waals surface area contributed by atoms with E-state index in [-0.39, 0.29) is 11.3 Å². The molecule has 0 aromatic heterocycles. The van der Waals surface area contributed by atoms with Gasteiger partial charge in [0, 0.05) is 11.8 Å². The minimum atomic E-state index is -1.33. The Morgan fingerprint density at radius 3 is 2.86 bits per heavy atom. The molecule has 3 saturated carbocycles. The van der Waals surface area contributed by atoms with E-state index in [0.717, 1.165) is 37.9 Å². The topological polar surface area (TPSA) is 76.0 Å². The lowest BCUT2D eigenvalue weighted by Crippen LogP contribution is -2.54. The minimum Gasteiger partial charge on any atom is -0.501 e. The van der Waals surface area contributed by atoms with E-state index in [1.54, 1.807) is 13.2 Å². The molecule has 0 aromatic carbocycles. The van der Waals surface area contributed by atoms with Gasteiger partial charge in [0.2, 0.25) is 0 Å². The molecule has 5 aliphatic carbocycles. The van der Waals surface area contributed by atoms with Gasteiger partial charge in [-0.05, 0) is 85.3 Å². The monoisotopic (exact) mass is 386 g/mol. The van der Waals surface area contributed by atoms with Crippen molar-refractivity contribution < 1.29 is 24.5 Å². The average Bonchev–Trinajstić information content (AvgIpc) is 3.43. The largest absolute Gasteiger partial charge is 0.510 e. The van der Waals surface area contributed by atoms with Crippen molar-refractivity contribution in [1.82, 2.24) is 0 Å². The maximum Gasteiger partial charge on any atom is 0.510 e. The van der Waals surface area contributed by atoms with E-state index in [0.29, 0.717) is 29.6 Å². The number of carboxylic acid groups (broad SMARTS) is 1. The first kappa shape index (κ1) is 18.3. The second kappa shape index (κ2) is 6.12. The third-order valence-electron chi connectivity index (χ3n) is 8.88. The van der Waals surface area contributed by atoms with Crippen LogP contribution in [0.1, 0.15) is 45.4 Å². The van der Waals surface area contributed by atoms with Crippen LogP contribution >= 0.6 is 0 Å². The Kier molecular flexibility index (Phi) is 4.00. The highest BCUT2D eigenvalue weighted by molar-refractivity contribution is 5.57. The number of methoxy groups -OCH3 is 1. The average molecular weight is 386 g/mol. The predicted octanol–water partition coefficient (Wildman–Crippen LogP) is 4.49. The van der Waals surface area contributed by atoms with E-state index in [4.69, 9.17) is 9.84 Å². The first-order valence-electron chi connectivity index (χ1n) is 10.6. The van der Waals surface area contributed by atoms with Gasteiger partial charge in [0.1, 0.15) is 0 Å². The van der Waals surface area contributed by atoms with E-state index >= 15 is 0 Å². The van der Waals surface area contributed by atoms with Crippen LogP contribution in [0, 0.1) is 40.9 Å². The van der Waals surface area contributed by atoms with E-state index in [1.165, 1.54) is 18.3 Å². The molecule has 3 fully saturated rings. The van der Waals surface area contributed by atoms with E-state index < -0.39 is 11.8 Å². The molecular weight excluding hydrogens is 356 g/mol. The van der Waals surface area contributed by atoms with Crippen LogP contribution in [0.2, 0.25) is 0 Å². The second-order valence-electron chi connectivity index (χ2n) is 9.73. The van der Waals surface area contributed by atoms with Crippen molar-refractivity contribution in [3.05, 3.63) is 35.8 Å². The van der Waals surface area contributed by atoms with Crippen LogP contribution in [-0.4, -0.2) is 29.1 Å². The normalized spacial score (nSPS) is 48.5. The van der Waals surface area contributed by atoms with Gasteiger partial charge < -0.3 is 19.7 Å². The number of rotatable bonds is 3. The van der Waals surface area contributed by atoms with Gasteiger partial charge in [0.15, 0.2) is 0 Å². The molecule has 8 atom stereocenters. The van der Waals surface area contributed by atoms with Gasteiger partial charge >= 0.3 is 6.16 Å². The van der Waals surface area contributed by atoms with Crippen LogP contribution in [0.15, 0.2) is 35.8 Å². The lowest BCUT2D eigenvalue weighted by Gasteiger charge is -2.56. The summed E-state index contributed by atoms with van der Waals surface area (Å²) in [6.07, 6.45) is 12.6. The summed E-state index contributed by atoms with van der Waals surface area (Å²) in [6, 6.07) is 0. The Morgan fingerprint density at radius 1 is 1.29 bits per heavy atom. The Morgan fingerprint density at radius 2 is 2.11 bits per heavy atom. The Balaban J connectivity index is 1.44. The van der Waals surface area contributed by atoms with Gasteiger partial charge in [-0.1, -0.05) is 13.0 Å². The number of ether oxygens (including phenoxy) is 2. The molecular formula is C23H30O5. The van der Waals surface area contributed by atoms with Gasteiger partial charge in [0.05, 0.1) is 24.7 Å². The fraction of sp³-hybridized carbons (Fsp3) is 0.696. The highest BCUT2D eigenvalue weighted by atomic mass is 16.7. The maximum atomic E-state index is 11.7. The van der Waals surface area contributed by atoms with Crippen LogP contribution in [0.25, 0.3) is 0 Å². The van der Waals surface area contributed by atoms with Crippen molar-refractivity contribution in [1.29, 1.82) is 0 Å². The van der Waals surface area contributed by atoms with Crippen molar-refractivity contribution >= 4 is 6.16 Å². The number of carbonyl (C=O) groups is 1. The molecule has 5 nitrogen and oxygen atoms in total. The van der Waals surface area contributed by atoms with Crippen LogP contribution in [0.5, 0.6) is 0 Å². The molecule has 0 heterocycles. The third-order valence-corrected chi connectivity index (χ3v) is 8.88. The van der Waals surface area contributed by atoms with E-state index in [2.05, 4.69) is 23.8 Å². The molecule has 2 N–H and O–H groups in total. The van der Waals surface area contributed by atoms with Gasteiger partial charge in [-0.25, -0.2) is 4.79 Å². The summed E-state index contributed by atoms with van der Waals surface area (Å²) >= 11 is 0. The molecule has 152 valence electrons. The third kappa shape index (κ3) is 2.38. The summed E-state index contributed by atoms with van der Waals surface area (Å²) in [6.45, 7) is 2.23. The number of hydrogen-bond acceptors (Lipinski definition) is 4. The highest BCUT2D eigenvalue weighted by Crippen LogP contribution is 2.75. The quantitative estimate of drug-likeness (QED) is 0.552. The minimum absolute atomic E-state index is 0.201. The van der Waals surface area contributed by atoms with Gasteiger partial charge in [0.25, 0.3) is 0 Å². The first-order valence-corrected chi connectivity index (χ1v) is 10.6. The summed E-state index contributed by atoms with van der Waals surface area (Å²) < 4.78 is 10.1. The van der Waals surface area contributed by atoms with Crippen molar-refractivity contribution in [3.8, 4) is 0 Å². The van der Waals surface area contributed by atoms with E-state index in [9.17, 15) is 9.90 Å². The van der Waals surface area contributed by atoms with Crippen molar-refractivity contribution in [2.75, 3.05) is 7.11 Å². The smallest absolute Gasteiger partial charge is 0.501 e. The van der Waals surface area contributed by atoms with Crippen molar-refractivity contribution in [2.24, 2.45) is 40.9 Å². The number of hydrogen-bond donors (Lipinski definition) is 2. The van der Waals surface area contributed by atoms with Gasteiger partial charge in [-0.3, -0.25) is 0 Å². The van der Waals surface area contributed by atoms with Crippen LogP contribution in [0.3, 0.4) is 0 Å². The molecule has 0 saturated heterocycles. The molecule has 0 aromatic rings. The summed E-state index contributed by atoms with van der Waals surface area (Å²) in [7, 11) is 1.76. The summed E-state index contributed by atoms with van der Waals surface area (Å²) in [5.41, 5.74) is 0.305. The van der Waals surface area contributed by atoms with Gasteiger partial charge in [-0.15, -0.1) is 0 Å². The molecule has 0 radical (unpaired) electrons. The highest BCUT2D eigenvalue weighted by Gasteiger charge is 2.74. The summed E-state index contributed by atoms with van der Waals surface area (Å²) in [4.78, 5) is 10.7. The fourth-order valence-corrected chi connectivity index (χ4v) is 7.65. The van der Waals surface area contributed by atoms with Crippen molar-refractivity contribution in [2.45, 2.75) is 51.0 Å². The van der Waals surface area contributed by atoms with Crippen LogP contribution in [-0.2, 0) is 9.47 Å². The second-order valence-corrected chi connectivity index (χ2v) is 9.73. The predicted molar refractivity (Wildman–Crippen MR) is 103 cm³/mol.